The average Bonchev–Trinajstić information content (AvgIpc) is 2.66. The van der Waals surface area contributed by atoms with Crippen molar-refractivity contribution in [1.29, 1.82) is 0 Å². The number of ether oxygens (including phenoxy) is 4. The molecule has 0 spiro atoms. The molecule has 0 saturated carbocycles. The summed E-state index contributed by atoms with van der Waals surface area (Å²) in [6, 6.07) is 10.1. The van der Waals surface area contributed by atoms with Gasteiger partial charge in [0.25, 0.3) is 0 Å². The molecule has 0 aliphatic carbocycles. The largest absolute Gasteiger partial charge is 0.493 e. The van der Waals surface area contributed by atoms with Gasteiger partial charge in [0.15, 0.2) is 23.0 Å². The van der Waals surface area contributed by atoms with Crippen LogP contribution in [0, 0.1) is 0 Å². The lowest BCUT2D eigenvalue weighted by Crippen LogP contribution is -2.31. The van der Waals surface area contributed by atoms with Gasteiger partial charge in [0.2, 0.25) is 0 Å². The third-order valence-corrected chi connectivity index (χ3v) is 4.53. The zero-order valence-electron chi connectivity index (χ0n) is 15.2. The Morgan fingerprint density at radius 2 is 1.68 bits per heavy atom. The molecule has 2 aromatic rings. The minimum atomic E-state index is 0.0141. The van der Waals surface area contributed by atoms with Gasteiger partial charge >= 0.3 is 0 Å². The Morgan fingerprint density at radius 1 is 0.960 bits per heavy atom. The zero-order chi connectivity index (χ0) is 17.8. The minimum Gasteiger partial charge on any atom is -0.493 e. The fraction of sp³-hybridized carbons (Fsp3) is 0.400. The van der Waals surface area contributed by atoms with Gasteiger partial charge in [0.05, 0.1) is 34.0 Å². The molecule has 1 aliphatic rings. The van der Waals surface area contributed by atoms with E-state index in [2.05, 4.69) is 23.5 Å². The summed E-state index contributed by atoms with van der Waals surface area (Å²) in [5.74, 6) is 3.02. The number of fused-ring (bicyclic) bond motifs is 1. The summed E-state index contributed by atoms with van der Waals surface area (Å²) in [6.45, 7) is 3.45. The normalized spacial score (nSPS) is 16.1. The lowest BCUT2D eigenvalue weighted by Gasteiger charge is -2.30. The van der Waals surface area contributed by atoms with Gasteiger partial charge in [-0.3, -0.25) is 0 Å². The molecule has 1 unspecified atom stereocenters. The van der Waals surface area contributed by atoms with E-state index in [0.29, 0.717) is 6.61 Å². The number of hydrogen-bond acceptors (Lipinski definition) is 5. The number of rotatable bonds is 6. The highest BCUT2D eigenvalue weighted by Crippen LogP contribution is 2.42. The summed E-state index contributed by atoms with van der Waals surface area (Å²) in [6.07, 6.45) is 0.945. The highest BCUT2D eigenvalue weighted by Gasteiger charge is 2.27. The minimum absolute atomic E-state index is 0.0141. The van der Waals surface area contributed by atoms with Crippen LogP contribution in [0.25, 0.3) is 0 Å². The molecule has 1 N–H and O–H groups in total. The predicted octanol–water partition coefficient (Wildman–Crippen LogP) is 3.35. The lowest BCUT2D eigenvalue weighted by molar-refractivity contribution is 0.304. The van der Waals surface area contributed by atoms with Crippen LogP contribution in [0.3, 0.4) is 0 Å². The van der Waals surface area contributed by atoms with Gasteiger partial charge < -0.3 is 24.3 Å². The van der Waals surface area contributed by atoms with Crippen molar-refractivity contribution in [3.05, 3.63) is 47.0 Å². The third-order valence-electron chi connectivity index (χ3n) is 4.53. The molecule has 0 saturated heterocycles. The smallest absolute Gasteiger partial charge is 0.166 e. The van der Waals surface area contributed by atoms with Crippen molar-refractivity contribution in [3.63, 3.8) is 0 Å². The monoisotopic (exact) mass is 343 g/mol. The lowest BCUT2D eigenvalue weighted by atomic mass is 9.88. The summed E-state index contributed by atoms with van der Waals surface area (Å²) in [5.41, 5.74) is 3.50. The van der Waals surface area contributed by atoms with E-state index in [1.165, 1.54) is 11.1 Å². The van der Waals surface area contributed by atoms with E-state index in [1.807, 2.05) is 19.1 Å². The first-order valence-corrected chi connectivity index (χ1v) is 8.51. The average molecular weight is 343 g/mol. The molecule has 1 aliphatic heterocycles. The van der Waals surface area contributed by atoms with Crippen molar-refractivity contribution >= 4 is 0 Å². The van der Waals surface area contributed by atoms with Crippen molar-refractivity contribution in [2.24, 2.45) is 0 Å². The maximum atomic E-state index is 5.91. The number of methoxy groups -OCH3 is 3. The molecule has 0 bridgehead atoms. The third kappa shape index (κ3) is 3.24. The summed E-state index contributed by atoms with van der Waals surface area (Å²) in [4.78, 5) is 0. The standard InChI is InChI=1S/C20H25NO4/c1-5-25-20-14(7-6-8-16(20)22-2)19-15-12-18(24-4)17(23-3)11-13(15)9-10-21-19/h6-8,11-12,19,21H,5,9-10H2,1-4H3. The number of hydrogen-bond donors (Lipinski definition) is 1. The number of nitrogens with one attached hydrogen (secondary N) is 1. The van der Waals surface area contributed by atoms with Crippen LogP contribution in [0.15, 0.2) is 30.3 Å². The maximum absolute atomic E-state index is 5.91. The van der Waals surface area contributed by atoms with E-state index in [-0.39, 0.29) is 6.04 Å². The predicted molar refractivity (Wildman–Crippen MR) is 97.3 cm³/mol. The Balaban J connectivity index is 2.12. The second-order valence-corrected chi connectivity index (χ2v) is 5.85. The summed E-state index contributed by atoms with van der Waals surface area (Å²) in [7, 11) is 4.99. The van der Waals surface area contributed by atoms with Crippen molar-refractivity contribution in [1.82, 2.24) is 5.32 Å². The zero-order valence-corrected chi connectivity index (χ0v) is 15.2. The van der Waals surface area contributed by atoms with Gasteiger partial charge in [-0.25, -0.2) is 0 Å². The number of benzene rings is 2. The Kier molecular flexibility index (Phi) is 5.34. The quantitative estimate of drug-likeness (QED) is 0.872. The highest BCUT2D eigenvalue weighted by atomic mass is 16.5. The molecule has 0 radical (unpaired) electrons. The summed E-state index contributed by atoms with van der Waals surface area (Å²) >= 11 is 0. The Bertz CT molecular complexity index is 745. The van der Waals surface area contributed by atoms with Crippen LogP contribution in [0.1, 0.15) is 29.7 Å². The second-order valence-electron chi connectivity index (χ2n) is 5.85. The van der Waals surface area contributed by atoms with E-state index in [1.54, 1.807) is 21.3 Å². The van der Waals surface area contributed by atoms with Crippen molar-refractivity contribution in [2.75, 3.05) is 34.5 Å². The summed E-state index contributed by atoms with van der Waals surface area (Å²) in [5, 5.41) is 3.60. The van der Waals surface area contributed by atoms with Gasteiger partial charge in [-0.1, -0.05) is 12.1 Å². The molecule has 3 rings (SSSR count). The fourth-order valence-corrected chi connectivity index (χ4v) is 3.38. The van der Waals surface area contributed by atoms with E-state index >= 15 is 0 Å². The van der Waals surface area contributed by atoms with Crippen LogP contribution in [-0.4, -0.2) is 34.5 Å². The first-order valence-electron chi connectivity index (χ1n) is 8.51. The molecule has 0 fully saturated rings. The highest BCUT2D eigenvalue weighted by molar-refractivity contribution is 5.56. The molecular weight excluding hydrogens is 318 g/mol. The molecule has 5 heteroatoms. The van der Waals surface area contributed by atoms with Crippen molar-refractivity contribution in [3.8, 4) is 23.0 Å². The Hall–Kier alpha value is -2.40. The molecule has 5 nitrogen and oxygen atoms in total. The fourth-order valence-electron chi connectivity index (χ4n) is 3.38. The molecule has 134 valence electrons. The van der Waals surface area contributed by atoms with Gasteiger partial charge in [-0.15, -0.1) is 0 Å². The molecule has 0 amide bonds. The van der Waals surface area contributed by atoms with Crippen molar-refractivity contribution < 1.29 is 18.9 Å². The van der Waals surface area contributed by atoms with Crippen molar-refractivity contribution in [2.45, 2.75) is 19.4 Å². The van der Waals surface area contributed by atoms with Crippen LogP contribution < -0.4 is 24.3 Å². The Labute approximate surface area is 148 Å². The van der Waals surface area contributed by atoms with Gasteiger partial charge in [0, 0.05) is 12.1 Å². The Morgan fingerprint density at radius 3 is 2.36 bits per heavy atom. The van der Waals surface area contributed by atoms with E-state index in [9.17, 15) is 0 Å². The first-order chi connectivity index (χ1) is 12.2. The van der Waals surface area contributed by atoms with Gasteiger partial charge in [-0.2, -0.15) is 0 Å². The van der Waals surface area contributed by atoms with E-state index < -0.39 is 0 Å². The molecule has 0 aromatic heterocycles. The SMILES string of the molecule is CCOc1c(OC)cccc1C1NCCc2cc(OC)c(OC)cc21. The molecule has 2 aromatic carbocycles. The van der Waals surface area contributed by atoms with Gasteiger partial charge in [-0.05, 0) is 42.7 Å². The summed E-state index contributed by atoms with van der Waals surface area (Å²) < 4.78 is 22.4. The molecule has 25 heavy (non-hydrogen) atoms. The molecule has 1 heterocycles. The van der Waals surface area contributed by atoms with E-state index in [0.717, 1.165) is 41.5 Å². The second kappa shape index (κ2) is 7.66. The van der Waals surface area contributed by atoms with Crippen LogP contribution in [-0.2, 0) is 6.42 Å². The molecule has 1 atom stereocenters. The topological polar surface area (TPSA) is 49.0 Å². The maximum Gasteiger partial charge on any atom is 0.166 e. The number of para-hydroxylation sites is 1. The van der Waals surface area contributed by atoms with Crippen LogP contribution in [0.2, 0.25) is 0 Å². The van der Waals surface area contributed by atoms with Crippen LogP contribution in [0.5, 0.6) is 23.0 Å². The first kappa shape index (κ1) is 17.4. The van der Waals surface area contributed by atoms with Gasteiger partial charge in [0.1, 0.15) is 0 Å². The van der Waals surface area contributed by atoms with E-state index in [4.69, 9.17) is 18.9 Å². The molecular formula is C20H25NO4. The van der Waals surface area contributed by atoms with Crippen LogP contribution >= 0.6 is 0 Å². The van der Waals surface area contributed by atoms with Crippen LogP contribution in [0.4, 0.5) is 0 Å².